The molecule has 0 saturated carbocycles. The Morgan fingerprint density at radius 1 is 0.667 bits per heavy atom. The van der Waals surface area contributed by atoms with Gasteiger partial charge in [-0.25, -0.2) is 0 Å². The third-order valence-electron chi connectivity index (χ3n) is 7.00. The summed E-state index contributed by atoms with van der Waals surface area (Å²) in [6.07, 6.45) is 0.871. The lowest BCUT2D eigenvalue weighted by molar-refractivity contribution is -0.138. The van der Waals surface area contributed by atoms with Crippen LogP contribution in [0.1, 0.15) is 54.5 Å². The fourth-order valence-electron chi connectivity index (χ4n) is 4.63. The molecule has 0 saturated heterocycles. The average molecular weight is 867 g/mol. The van der Waals surface area contributed by atoms with Crippen LogP contribution >= 0.6 is 55.1 Å². The molecule has 0 atom stereocenters. The molecule has 0 spiro atoms. The first-order valence-corrected chi connectivity index (χ1v) is 17.8. The summed E-state index contributed by atoms with van der Waals surface area (Å²) in [5.41, 5.74) is 5.82. The van der Waals surface area contributed by atoms with Crippen molar-refractivity contribution in [3.8, 4) is 11.5 Å². The molecule has 51 heavy (non-hydrogen) atoms. The second kappa shape index (κ2) is 20.1. The van der Waals surface area contributed by atoms with Crippen LogP contribution in [0.4, 0.5) is 11.4 Å². The minimum atomic E-state index is -0.883. The van der Waals surface area contributed by atoms with Crippen LogP contribution in [0, 0.1) is 6.92 Å². The molecule has 0 bridgehead atoms. The average Bonchev–Trinajstić information content (AvgIpc) is 3.03. The molecule has 0 heterocycles. The maximum atomic E-state index is 11.3. The van der Waals surface area contributed by atoms with Crippen LogP contribution < -0.4 is 20.1 Å². The number of carbonyl (C=O) groups excluding carboxylic acids is 2. The summed E-state index contributed by atoms with van der Waals surface area (Å²) in [4.78, 5) is 43.7. The number of benzene rings is 4. The monoisotopic (exact) mass is 864 g/mol. The second-order valence-corrected chi connectivity index (χ2v) is 13.9. The van der Waals surface area contributed by atoms with E-state index in [0.29, 0.717) is 46.7 Å². The summed E-state index contributed by atoms with van der Waals surface area (Å²) >= 11 is 19.4. The predicted octanol–water partition coefficient (Wildman–Crippen LogP) is 9.62. The van der Waals surface area contributed by atoms with Crippen molar-refractivity contribution in [3.63, 3.8) is 0 Å². The van der Waals surface area contributed by atoms with E-state index in [1.165, 1.54) is 13.8 Å². The van der Waals surface area contributed by atoms with Crippen molar-refractivity contribution >= 4 is 90.2 Å². The number of carboxylic acid groups (broad SMARTS) is 2. The summed E-state index contributed by atoms with van der Waals surface area (Å²) < 4.78 is 13.1. The van der Waals surface area contributed by atoms with E-state index in [9.17, 15) is 19.2 Å². The van der Waals surface area contributed by atoms with Gasteiger partial charge in [-0.2, -0.15) is 0 Å². The van der Waals surface area contributed by atoms with Gasteiger partial charge in [-0.1, -0.05) is 47.5 Å². The molecule has 0 aliphatic rings. The summed E-state index contributed by atoms with van der Waals surface area (Å²) in [7, 11) is 0. The van der Waals surface area contributed by atoms with E-state index in [2.05, 4.69) is 42.5 Å². The van der Waals surface area contributed by atoms with Crippen molar-refractivity contribution in [1.82, 2.24) is 0 Å². The molecular weight excluding hydrogens is 831 g/mol. The number of ether oxygens (including phenoxy) is 2. The third kappa shape index (κ3) is 14.2. The molecule has 0 aromatic heterocycles. The summed E-state index contributed by atoms with van der Waals surface area (Å²) in [5, 5.41) is 23.7. The number of halogens is 4. The number of nitrogens with one attached hydrogen (secondary N) is 2. The molecule has 14 heteroatoms. The largest absolute Gasteiger partial charge is 0.487 e. The Hall–Kier alpha value is -4.10. The zero-order chi connectivity index (χ0) is 37.7. The first-order chi connectivity index (χ1) is 24.1. The van der Waals surface area contributed by atoms with E-state index in [0.717, 1.165) is 42.5 Å². The Morgan fingerprint density at radius 2 is 1.18 bits per heavy atom. The Balaban J connectivity index is 0.000000276. The Morgan fingerprint density at radius 3 is 1.71 bits per heavy atom. The Kier molecular flexibility index (Phi) is 16.3. The number of carboxylic acids is 2. The highest BCUT2D eigenvalue weighted by Crippen LogP contribution is 2.37. The predicted molar refractivity (Wildman–Crippen MR) is 205 cm³/mol. The van der Waals surface area contributed by atoms with Crippen LogP contribution in [0.5, 0.6) is 11.5 Å². The first-order valence-electron chi connectivity index (χ1n) is 15.5. The maximum absolute atomic E-state index is 11.3. The number of hydrogen-bond donors (Lipinski definition) is 4. The minimum absolute atomic E-state index is 0.00278. The molecule has 10 nitrogen and oxygen atoms in total. The molecular formula is C37H36Br2Cl2N2O8. The molecule has 0 radical (unpaired) electrons. The smallest absolute Gasteiger partial charge is 0.303 e. The third-order valence-corrected chi connectivity index (χ3v) is 8.74. The number of aliphatic carboxylic acids is 2. The highest BCUT2D eigenvalue weighted by Gasteiger charge is 2.13. The van der Waals surface area contributed by atoms with Gasteiger partial charge in [0.15, 0.2) is 5.75 Å². The molecule has 4 rings (SSSR count). The lowest BCUT2D eigenvalue weighted by Gasteiger charge is -2.14. The maximum Gasteiger partial charge on any atom is 0.303 e. The molecule has 4 N–H and O–H groups in total. The number of aryl methyl sites for hydroxylation is 3. The molecule has 4 aromatic rings. The van der Waals surface area contributed by atoms with E-state index >= 15 is 0 Å². The van der Waals surface area contributed by atoms with Crippen molar-refractivity contribution in [3.05, 3.63) is 114 Å². The number of anilines is 2. The van der Waals surface area contributed by atoms with Crippen molar-refractivity contribution < 1.29 is 38.9 Å². The van der Waals surface area contributed by atoms with E-state index in [4.69, 9.17) is 42.9 Å². The van der Waals surface area contributed by atoms with Crippen LogP contribution in [-0.2, 0) is 45.2 Å². The standard InChI is InChI=1S/C19H19Br2NO4.C18H17Cl2NO4/c1-11-3-4-14(9-17(11)22-12(2)23)10-26-19-15(20)7-13(8-16(19)21)5-6-18(24)25;1-11(22)21-14-4-2-3-13(7-14)10-25-18-15(19)8-12(9-16(18)20)5-6-17(23)24/h3-4,7-9H,5-6,10H2,1-2H3,(H,22,23)(H,24,25);2-4,7-9H,5-6,10H2,1H3,(H,21,22)(H,23,24). The van der Waals surface area contributed by atoms with Gasteiger partial charge in [-0.15, -0.1) is 0 Å². The van der Waals surface area contributed by atoms with Crippen LogP contribution in [0.3, 0.4) is 0 Å². The molecule has 0 aliphatic heterocycles. The molecule has 0 fully saturated rings. The van der Waals surface area contributed by atoms with Gasteiger partial charge < -0.3 is 30.3 Å². The zero-order valence-corrected chi connectivity index (χ0v) is 32.6. The molecule has 2 amide bonds. The lowest BCUT2D eigenvalue weighted by Crippen LogP contribution is -2.08. The van der Waals surface area contributed by atoms with Gasteiger partial charge in [0.05, 0.1) is 19.0 Å². The van der Waals surface area contributed by atoms with Gasteiger partial charge in [-0.3, -0.25) is 19.2 Å². The van der Waals surface area contributed by atoms with Crippen LogP contribution in [0.2, 0.25) is 10.0 Å². The summed E-state index contributed by atoms with van der Waals surface area (Å²) in [5.74, 6) is -0.994. The molecule has 0 unspecified atom stereocenters. The molecule has 0 aliphatic carbocycles. The number of rotatable bonds is 14. The van der Waals surface area contributed by atoms with E-state index in [1.54, 1.807) is 24.3 Å². The normalized spacial score (nSPS) is 10.4. The Bertz CT molecular complexity index is 1860. The van der Waals surface area contributed by atoms with Crippen LogP contribution in [-0.4, -0.2) is 34.0 Å². The quantitative estimate of drug-likeness (QED) is 0.0979. The summed E-state index contributed by atoms with van der Waals surface area (Å²) in [6.45, 7) is 5.40. The van der Waals surface area contributed by atoms with E-state index in [1.807, 2.05) is 49.4 Å². The van der Waals surface area contributed by atoms with Gasteiger partial charge >= 0.3 is 11.9 Å². The van der Waals surface area contributed by atoms with Crippen LogP contribution in [0.15, 0.2) is 75.7 Å². The van der Waals surface area contributed by atoms with Gasteiger partial charge in [0.25, 0.3) is 0 Å². The van der Waals surface area contributed by atoms with Gasteiger partial charge in [0, 0.05) is 38.1 Å². The lowest BCUT2D eigenvalue weighted by atomic mass is 10.1. The van der Waals surface area contributed by atoms with Crippen molar-refractivity contribution in [2.45, 2.75) is 59.7 Å². The molecule has 270 valence electrons. The van der Waals surface area contributed by atoms with E-state index < -0.39 is 11.9 Å². The number of amides is 2. The van der Waals surface area contributed by atoms with E-state index in [-0.39, 0.29) is 31.3 Å². The highest BCUT2D eigenvalue weighted by molar-refractivity contribution is 9.11. The van der Waals surface area contributed by atoms with Gasteiger partial charge in [0.2, 0.25) is 11.8 Å². The number of hydrogen-bond acceptors (Lipinski definition) is 6. The fraction of sp³-hybridized carbons (Fsp3) is 0.243. The molecule has 4 aromatic carbocycles. The zero-order valence-electron chi connectivity index (χ0n) is 27.9. The fourth-order valence-corrected chi connectivity index (χ4v) is 6.78. The summed E-state index contributed by atoms with van der Waals surface area (Å²) in [6, 6.07) is 20.0. The second-order valence-electron chi connectivity index (χ2n) is 11.4. The van der Waals surface area contributed by atoms with Crippen molar-refractivity contribution in [1.29, 1.82) is 0 Å². The van der Waals surface area contributed by atoms with Gasteiger partial charge in [-0.05, 0) is 122 Å². The van der Waals surface area contributed by atoms with Crippen molar-refractivity contribution in [2.24, 2.45) is 0 Å². The topological polar surface area (TPSA) is 151 Å². The van der Waals surface area contributed by atoms with Crippen LogP contribution in [0.25, 0.3) is 0 Å². The van der Waals surface area contributed by atoms with Crippen molar-refractivity contribution in [2.75, 3.05) is 10.6 Å². The Labute approximate surface area is 322 Å². The highest BCUT2D eigenvalue weighted by atomic mass is 79.9. The first kappa shape index (κ1) is 41.3. The number of carbonyl (C=O) groups is 4. The SMILES string of the molecule is CC(=O)Nc1cc(COc2c(Br)cc(CCC(=O)O)cc2Br)ccc1C.CC(=O)Nc1cccc(COc2c(Cl)cc(CCC(=O)O)cc2Cl)c1. The minimum Gasteiger partial charge on any atom is -0.487 e. The van der Waals surface area contributed by atoms with Gasteiger partial charge in [0.1, 0.15) is 19.0 Å².